The van der Waals surface area contributed by atoms with E-state index in [1.807, 2.05) is 6.07 Å². The Morgan fingerprint density at radius 1 is 1.28 bits per heavy atom. The van der Waals surface area contributed by atoms with Crippen LogP contribution in [0.4, 0.5) is 0 Å². The first-order valence-electron chi connectivity index (χ1n) is 7.25. The summed E-state index contributed by atoms with van der Waals surface area (Å²) in [4.78, 5) is 12.0. The van der Waals surface area contributed by atoms with E-state index in [2.05, 4.69) is 4.72 Å². The monoisotopic (exact) mass is 378 g/mol. The number of hydrogen-bond donors (Lipinski definition) is 1. The summed E-state index contributed by atoms with van der Waals surface area (Å²) in [5.74, 6) is -0.713. The number of nitrogens with zero attached hydrogens (tertiary/aromatic N) is 1. The lowest BCUT2D eigenvalue weighted by atomic mass is 10.2. The number of sulfonamides is 1. The lowest BCUT2D eigenvalue weighted by Crippen LogP contribution is -2.39. The fourth-order valence-electron chi connectivity index (χ4n) is 1.94. The van der Waals surface area contributed by atoms with Crippen LogP contribution in [-0.4, -0.2) is 20.4 Å². The number of nitriles is 1. The molecule has 25 heavy (non-hydrogen) atoms. The van der Waals surface area contributed by atoms with Crippen molar-refractivity contribution in [3.05, 3.63) is 64.7 Å². The number of hydrogen-bond acceptors (Lipinski definition) is 5. The highest BCUT2D eigenvalue weighted by molar-refractivity contribution is 7.89. The van der Waals surface area contributed by atoms with Crippen molar-refractivity contribution in [3.8, 4) is 6.07 Å². The number of rotatable bonds is 6. The van der Waals surface area contributed by atoms with Crippen molar-refractivity contribution in [1.29, 1.82) is 5.26 Å². The summed E-state index contributed by atoms with van der Waals surface area (Å²) in [5, 5.41) is 9.01. The number of halogens is 1. The van der Waals surface area contributed by atoms with Gasteiger partial charge in [0.05, 0.1) is 16.5 Å². The third-order valence-corrected chi connectivity index (χ3v) is 5.03. The molecule has 0 saturated carbocycles. The van der Waals surface area contributed by atoms with Crippen LogP contribution < -0.4 is 4.72 Å². The molecule has 0 radical (unpaired) electrons. The topological polar surface area (TPSA) is 96.3 Å². The van der Waals surface area contributed by atoms with E-state index in [0.29, 0.717) is 11.1 Å². The van der Waals surface area contributed by atoms with Gasteiger partial charge in [-0.1, -0.05) is 29.8 Å². The smallest absolute Gasteiger partial charge is 0.324 e. The molecule has 0 aliphatic rings. The van der Waals surface area contributed by atoms with Crippen LogP contribution in [0.5, 0.6) is 0 Å². The highest BCUT2D eigenvalue weighted by Gasteiger charge is 2.23. The lowest BCUT2D eigenvalue weighted by Gasteiger charge is -2.14. The van der Waals surface area contributed by atoms with Crippen molar-refractivity contribution in [3.63, 3.8) is 0 Å². The Morgan fingerprint density at radius 3 is 2.56 bits per heavy atom. The third-order valence-electron chi connectivity index (χ3n) is 3.26. The molecule has 2 aromatic rings. The van der Waals surface area contributed by atoms with Gasteiger partial charge in [-0.25, -0.2) is 8.42 Å². The minimum absolute atomic E-state index is 0.0201. The first kappa shape index (κ1) is 18.9. The minimum Gasteiger partial charge on any atom is -0.460 e. The van der Waals surface area contributed by atoms with Gasteiger partial charge < -0.3 is 4.74 Å². The summed E-state index contributed by atoms with van der Waals surface area (Å²) in [6.45, 7) is 1.37. The van der Waals surface area contributed by atoms with E-state index in [1.165, 1.54) is 25.1 Å². The van der Waals surface area contributed by atoms with Crippen molar-refractivity contribution in [1.82, 2.24) is 4.72 Å². The van der Waals surface area contributed by atoms with Crippen molar-refractivity contribution < 1.29 is 17.9 Å². The van der Waals surface area contributed by atoms with Crippen LogP contribution in [0, 0.1) is 11.3 Å². The van der Waals surface area contributed by atoms with Gasteiger partial charge in [-0.3, -0.25) is 4.79 Å². The van der Waals surface area contributed by atoms with E-state index in [4.69, 9.17) is 21.6 Å². The molecule has 0 spiro atoms. The molecular formula is C17H15ClN2O4S. The van der Waals surface area contributed by atoms with Gasteiger partial charge in [-0.05, 0) is 42.8 Å². The standard InChI is InChI=1S/C17H15ClN2O4S/c1-12(20-25(22,23)16-4-2-3-15(18)9-16)17(21)24-11-14-7-5-13(10-19)6-8-14/h2-9,12,20H,11H2,1H3/t12-/m0/s1. The summed E-state index contributed by atoms with van der Waals surface area (Å²) in [7, 11) is -3.89. The largest absolute Gasteiger partial charge is 0.460 e. The molecule has 0 fully saturated rings. The highest BCUT2D eigenvalue weighted by atomic mass is 35.5. The lowest BCUT2D eigenvalue weighted by molar-refractivity contribution is -0.146. The molecule has 0 amide bonds. The summed E-state index contributed by atoms with van der Waals surface area (Å²) >= 11 is 5.79. The number of ether oxygens (including phenoxy) is 1. The summed E-state index contributed by atoms with van der Waals surface area (Å²) < 4.78 is 31.8. The molecule has 2 aromatic carbocycles. The number of carbonyl (C=O) groups excluding carboxylic acids is 1. The zero-order valence-electron chi connectivity index (χ0n) is 13.3. The molecule has 8 heteroatoms. The normalized spacial score (nSPS) is 12.2. The van der Waals surface area contributed by atoms with E-state index in [1.54, 1.807) is 30.3 Å². The Balaban J connectivity index is 1.96. The van der Waals surface area contributed by atoms with E-state index < -0.39 is 22.0 Å². The van der Waals surface area contributed by atoms with Gasteiger partial charge in [-0.15, -0.1) is 0 Å². The average molecular weight is 379 g/mol. The maximum Gasteiger partial charge on any atom is 0.324 e. The zero-order valence-corrected chi connectivity index (χ0v) is 14.8. The van der Waals surface area contributed by atoms with Gasteiger partial charge in [0.25, 0.3) is 0 Å². The number of esters is 1. The molecule has 6 nitrogen and oxygen atoms in total. The molecular weight excluding hydrogens is 364 g/mol. The van der Waals surface area contributed by atoms with Gasteiger partial charge in [0, 0.05) is 5.02 Å². The molecule has 0 bridgehead atoms. The number of benzene rings is 2. The van der Waals surface area contributed by atoms with Gasteiger partial charge >= 0.3 is 5.97 Å². The number of carbonyl (C=O) groups is 1. The van der Waals surface area contributed by atoms with Crippen molar-refractivity contribution >= 4 is 27.6 Å². The minimum atomic E-state index is -3.89. The second kappa shape index (κ2) is 8.12. The summed E-state index contributed by atoms with van der Waals surface area (Å²) in [6, 6.07) is 13.2. The number of nitrogens with one attached hydrogen (secondary N) is 1. The third kappa shape index (κ3) is 5.29. The average Bonchev–Trinajstić information content (AvgIpc) is 2.59. The molecule has 1 N–H and O–H groups in total. The molecule has 0 saturated heterocycles. The first-order valence-corrected chi connectivity index (χ1v) is 9.11. The fourth-order valence-corrected chi connectivity index (χ4v) is 3.43. The van der Waals surface area contributed by atoms with Gasteiger partial charge in [0.15, 0.2) is 0 Å². The Hall–Kier alpha value is -2.40. The Morgan fingerprint density at radius 2 is 1.96 bits per heavy atom. The first-order chi connectivity index (χ1) is 11.8. The predicted molar refractivity (Wildman–Crippen MR) is 92.2 cm³/mol. The van der Waals surface area contributed by atoms with Crippen molar-refractivity contribution in [2.45, 2.75) is 24.5 Å². The maximum atomic E-state index is 12.2. The molecule has 0 aliphatic heterocycles. The molecule has 130 valence electrons. The summed E-state index contributed by atoms with van der Waals surface area (Å²) in [6.07, 6.45) is 0. The Labute approximate surface area is 151 Å². The quantitative estimate of drug-likeness (QED) is 0.779. The van der Waals surface area contributed by atoms with Crippen molar-refractivity contribution in [2.75, 3.05) is 0 Å². The molecule has 0 aromatic heterocycles. The van der Waals surface area contributed by atoms with Crippen molar-refractivity contribution in [2.24, 2.45) is 0 Å². The van der Waals surface area contributed by atoms with Crippen LogP contribution in [0.15, 0.2) is 53.4 Å². The van der Waals surface area contributed by atoms with E-state index in [0.717, 1.165) is 0 Å². The second-order valence-electron chi connectivity index (χ2n) is 5.22. The summed E-state index contributed by atoms with van der Waals surface area (Å²) in [5.41, 5.74) is 1.19. The zero-order chi connectivity index (χ0) is 18.4. The SMILES string of the molecule is C[C@H](NS(=O)(=O)c1cccc(Cl)c1)C(=O)OCc1ccc(C#N)cc1. The van der Waals surface area contributed by atoms with E-state index in [9.17, 15) is 13.2 Å². The molecule has 1 atom stereocenters. The maximum absolute atomic E-state index is 12.2. The predicted octanol–water partition coefficient (Wildman–Crippen LogP) is 2.62. The second-order valence-corrected chi connectivity index (χ2v) is 7.37. The van der Waals surface area contributed by atoms with Gasteiger partial charge in [0.1, 0.15) is 12.6 Å². The van der Waals surface area contributed by atoms with Crippen LogP contribution in [0.2, 0.25) is 5.02 Å². The van der Waals surface area contributed by atoms with Crippen LogP contribution in [0.1, 0.15) is 18.1 Å². The van der Waals surface area contributed by atoms with Crippen LogP contribution >= 0.6 is 11.6 Å². The van der Waals surface area contributed by atoms with Crippen LogP contribution in [0.3, 0.4) is 0 Å². The molecule has 2 rings (SSSR count). The molecule has 0 heterocycles. The highest BCUT2D eigenvalue weighted by Crippen LogP contribution is 2.15. The van der Waals surface area contributed by atoms with Crippen LogP contribution in [-0.2, 0) is 26.2 Å². The van der Waals surface area contributed by atoms with Crippen LogP contribution in [0.25, 0.3) is 0 Å². The Bertz CT molecular complexity index is 905. The fraction of sp³-hybridized carbons (Fsp3) is 0.176. The Kier molecular flexibility index (Phi) is 6.15. The van der Waals surface area contributed by atoms with Gasteiger partial charge in [0.2, 0.25) is 10.0 Å². The van der Waals surface area contributed by atoms with Gasteiger partial charge in [-0.2, -0.15) is 9.98 Å². The molecule has 0 unspecified atom stereocenters. The van der Waals surface area contributed by atoms with E-state index in [-0.39, 0.29) is 16.5 Å². The van der Waals surface area contributed by atoms with E-state index >= 15 is 0 Å². The molecule has 0 aliphatic carbocycles.